The molecule has 1 heterocycles. The second-order valence-corrected chi connectivity index (χ2v) is 10.2. The Hall–Kier alpha value is -3.82. The molecule has 1 saturated heterocycles. The van der Waals surface area contributed by atoms with Crippen molar-refractivity contribution in [3.8, 4) is 17.2 Å². The average Bonchev–Trinajstić information content (AvgIpc) is 3.20. The standard InChI is InChI=1S/C30H30N2O5S2/c1-3-35-24-13-11-23(12-14-24)31-28(33)20-37-25-15-10-22(18-26(25)36-4-2)19-27-29(34)32(30(38)39-27)17-16-21-8-6-5-7-9-21/h5-15,18-19H,3-4,16-17,20H2,1-2H3,(H,31,33)/b27-19-. The van der Waals surface area contributed by atoms with Crippen LogP contribution in [0.25, 0.3) is 6.08 Å². The molecular weight excluding hydrogens is 532 g/mol. The van der Waals surface area contributed by atoms with E-state index in [1.54, 1.807) is 47.4 Å². The van der Waals surface area contributed by atoms with E-state index in [2.05, 4.69) is 5.32 Å². The molecule has 3 aromatic rings. The van der Waals surface area contributed by atoms with Gasteiger partial charge in [-0.25, -0.2) is 0 Å². The normalized spacial score (nSPS) is 14.0. The van der Waals surface area contributed by atoms with Gasteiger partial charge in [-0.1, -0.05) is 60.4 Å². The molecule has 0 spiro atoms. The van der Waals surface area contributed by atoms with Crippen molar-refractivity contribution in [2.45, 2.75) is 20.3 Å². The predicted molar refractivity (Wildman–Crippen MR) is 159 cm³/mol. The maximum atomic E-state index is 13.0. The molecule has 4 rings (SSSR count). The van der Waals surface area contributed by atoms with Gasteiger partial charge in [-0.3, -0.25) is 14.5 Å². The Balaban J connectivity index is 1.38. The largest absolute Gasteiger partial charge is 0.494 e. The summed E-state index contributed by atoms with van der Waals surface area (Å²) in [5.74, 6) is 1.25. The van der Waals surface area contributed by atoms with Crippen molar-refractivity contribution in [2.75, 3.05) is 31.7 Å². The molecule has 0 atom stereocenters. The molecule has 9 heteroatoms. The summed E-state index contributed by atoms with van der Waals surface area (Å²) in [6, 6.07) is 22.5. The van der Waals surface area contributed by atoms with Crippen LogP contribution in [0.15, 0.2) is 77.7 Å². The first-order valence-corrected chi connectivity index (χ1v) is 13.9. The SMILES string of the molecule is CCOc1ccc(NC(=O)COc2ccc(/C=C3\SC(=S)N(CCc4ccccc4)C3=O)cc2OCC)cc1. The van der Waals surface area contributed by atoms with Gasteiger partial charge < -0.3 is 19.5 Å². The number of rotatable bonds is 12. The molecule has 202 valence electrons. The van der Waals surface area contributed by atoms with E-state index in [1.165, 1.54) is 11.8 Å². The summed E-state index contributed by atoms with van der Waals surface area (Å²) >= 11 is 6.77. The Morgan fingerprint density at radius 3 is 2.41 bits per heavy atom. The van der Waals surface area contributed by atoms with Crippen LogP contribution in [-0.2, 0) is 16.0 Å². The lowest BCUT2D eigenvalue weighted by Gasteiger charge is -2.14. The van der Waals surface area contributed by atoms with E-state index in [4.69, 9.17) is 26.4 Å². The molecule has 0 aliphatic carbocycles. The number of benzene rings is 3. The quantitative estimate of drug-likeness (QED) is 0.216. The van der Waals surface area contributed by atoms with Crippen molar-refractivity contribution in [1.82, 2.24) is 4.90 Å². The van der Waals surface area contributed by atoms with E-state index in [-0.39, 0.29) is 18.4 Å². The zero-order valence-electron chi connectivity index (χ0n) is 21.8. The molecule has 0 bridgehead atoms. The number of nitrogens with zero attached hydrogens (tertiary/aromatic N) is 1. The molecule has 0 radical (unpaired) electrons. The third kappa shape index (κ3) is 7.84. The monoisotopic (exact) mass is 562 g/mol. The summed E-state index contributed by atoms with van der Waals surface area (Å²) in [6.07, 6.45) is 2.53. The number of thioether (sulfide) groups is 1. The molecule has 1 aliphatic heterocycles. The lowest BCUT2D eigenvalue weighted by Crippen LogP contribution is -2.30. The fraction of sp³-hybridized carbons (Fsp3) is 0.233. The summed E-state index contributed by atoms with van der Waals surface area (Å²) < 4.78 is 17.5. The van der Waals surface area contributed by atoms with Crippen LogP contribution in [0.5, 0.6) is 17.2 Å². The Kier molecular flexibility index (Phi) is 9.99. The smallest absolute Gasteiger partial charge is 0.266 e. The lowest BCUT2D eigenvalue weighted by molar-refractivity contribution is -0.122. The maximum absolute atomic E-state index is 13.0. The second kappa shape index (κ2) is 13.8. The molecule has 0 aromatic heterocycles. The third-order valence-electron chi connectivity index (χ3n) is 5.71. The van der Waals surface area contributed by atoms with Crippen molar-refractivity contribution in [2.24, 2.45) is 0 Å². The molecule has 1 aliphatic rings. The van der Waals surface area contributed by atoms with Gasteiger partial charge in [0.05, 0.1) is 18.1 Å². The highest BCUT2D eigenvalue weighted by Crippen LogP contribution is 2.35. The van der Waals surface area contributed by atoms with Gasteiger partial charge >= 0.3 is 0 Å². The van der Waals surface area contributed by atoms with E-state index in [0.717, 1.165) is 23.3 Å². The first-order chi connectivity index (χ1) is 19.0. The van der Waals surface area contributed by atoms with Crippen molar-refractivity contribution in [1.29, 1.82) is 0 Å². The molecule has 0 unspecified atom stereocenters. The predicted octanol–water partition coefficient (Wildman–Crippen LogP) is 5.95. The van der Waals surface area contributed by atoms with Gasteiger partial charge in [-0.05, 0) is 73.9 Å². The summed E-state index contributed by atoms with van der Waals surface area (Å²) in [6.45, 7) is 5.12. The van der Waals surface area contributed by atoms with Crippen molar-refractivity contribution >= 4 is 51.9 Å². The Bertz CT molecular complexity index is 1340. The number of amides is 2. The fourth-order valence-corrected chi connectivity index (χ4v) is 5.18. The van der Waals surface area contributed by atoms with Crippen LogP contribution in [0.2, 0.25) is 0 Å². The number of hydrogen-bond acceptors (Lipinski definition) is 7. The number of carbonyl (C=O) groups is 2. The van der Waals surface area contributed by atoms with E-state index in [1.807, 2.05) is 50.2 Å². The molecule has 1 fully saturated rings. The minimum atomic E-state index is -0.301. The van der Waals surface area contributed by atoms with Gasteiger partial charge in [0, 0.05) is 12.2 Å². The van der Waals surface area contributed by atoms with Crippen LogP contribution in [0, 0.1) is 0 Å². The average molecular weight is 563 g/mol. The summed E-state index contributed by atoms with van der Waals surface area (Å²) in [5, 5.41) is 2.80. The minimum absolute atomic E-state index is 0.106. The van der Waals surface area contributed by atoms with Crippen LogP contribution in [0.3, 0.4) is 0 Å². The van der Waals surface area contributed by atoms with Crippen LogP contribution in [0.4, 0.5) is 5.69 Å². The van der Waals surface area contributed by atoms with E-state index >= 15 is 0 Å². The van der Waals surface area contributed by atoms with Gasteiger partial charge in [-0.15, -0.1) is 0 Å². The topological polar surface area (TPSA) is 77.1 Å². The van der Waals surface area contributed by atoms with Gasteiger partial charge in [0.2, 0.25) is 0 Å². The molecule has 0 saturated carbocycles. The summed E-state index contributed by atoms with van der Waals surface area (Å²) in [5.41, 5.74) is 2.57. The minimum Gasteiger partial charge on any atom is -0.494 e. The van der Waals surface area contributed by atoms with E-state index in [0.29, 0.717) is 46.2 Å². The number of anilines is 1. The first-order valence-electron chi connectivity index (χ1n) is 12.7. The zero-order chi connectivity index (χ0) is 27.6. The van der Waals surface area contributed by atoms with Gasteiger partial charge in [0.15, 0.2) is 18.1 Å². The lowest BCUT2D eigenvalue weighted by atomic mass is 10.1. The highest BCUT2D eigenvalue weighted by molar-refractivity contribution is 8.26. The second-order valence-electron chi connectivity index (χ2n) is 8.50. The highest BCUT2D eigenvalue weighted by atomic mass is 32.2. The molecule has 1 N–H and O–H groups in total. The summed E-state index contributed by atoms with van der Waals surface area (Å²) in [7, 11) is 0. The van der Waals surface area contributed by atoms with Crippen molar-refractivity contribution in [3.05, 3.63) is 88.8 Å². The van der Waals surface area contributed by atoms with Crippen LogP contribution >= 0.6 is 24.0 Å². The molecule has 3 aromatic carbocycles. The van der Waals surface area contributed by atoms with Gasteiger partial charge in [0.1, 0.15) is 10.1 Å². The number of hydrogen-bond donors (Lipinski definition) is 1. The van der Waals surface area contributed by atoms with Crippen LogP contribution in [0.1, 0.15) is 25.0 Å². The molecule has 39 heavy (non-hydrogen) atoms. The van der Waals surface area contributed by atoms with E-state index < -0.39 is 0 Å². The van der Waals surface area contributed by atoms with Crippen LogP contribution in [-0.4, -0.2) is 47.4 Å². The Morgan fingerprint density at radius 2 is 1.69 bits per heavy atom. The fourth-order valence-electron chi connectivity index (χ4n) is 3.87. The van der Waals surface area contributed by atoms with Crippen LogP contribution < -0.4 is 19.5 Å². The first kappa shape index (κ1) is 28.2. The zero-order valence-corrected chi connectivity index (χ0v) is 23.5. The van der Waals surface area contributed by atoms with Crippen molar-refractivity contribution in [3.63, 3.8) is 0 Å². The molecule has 7 nitrogen and oxygen atoms in total. The van der Waals surface area contributed by atoms with Gasteiger partial charge in [0.25, 0.3) is 11.8 Å². The molecule has 2 amide bonds. The number of carbonyl (C=O) groups excluding carboxylic acids is 2. The number of ether oxygens (including phenoxy) is 3. The summed E-state index contributed by atoms with van der Waals surface area (Å²) in [4.78, 5) is 27.7. The number of nitrogens with one attached hydrogen (secondary N) is 1. The number of thiocarbonyl (C=S) groups is 1. The highest BCUT2D eigenvalue weighted by Gasteiger charge is 2.31. The van der Waals surface area contributed by atoms with E-state index in [9.17, 15) is 9.59 Å². The van der Waals surface area contributed by atoms with Gasteiger partial charge in [-0.2, -0.15) is 0 Å². The molecular formula is C30H30N2O5S2. The Labute approximate surface area is 238 Å². The Morgan fingerprint density at radius 1 is 0.949 bits per heavy atom. The maximum Gasteiger partial charge on any atom is 0.266 e. The third-order valence-corrected chi connectivity index (χ3v) is 7.09. The van der Waals surface area contributed by atoms with Crippen molar-refractivity contribution < 1.29 is 23.8 Å².